The van der Waals surface area contributed by atoms with Crippen molar-refractivity contribution in [2.24, 2.45) is 5.73 Å². The highest BCUT2D eigenvalue weighted by atomic mass is 32.2. The van der Waals surface area contributed by atoms with Crippen molar-refractivity contribution >= 4 is 29.3 Å². The molecule has 2 rings (SSSR count). The third-order valence-corrected chi connectivity index (χ3v) is 4.54. The van der Waals surface area contributed by atoms with E-state index in [-0.39, 0.29) is 30.1 Å². The van der Waals surface area contributed by atoms with Crippen LogP contribution in [-0.4, -0.2) is 24.1 Å². The molecule has 1 atom stereocenters. The van der Waals surface area contributed by atoms with Crippen LogP contribution in [-0.2, 0) is 9.59 Å². The van der Waals surface area contributed by atoms with Crippen LogP contribution in [0.5, 0.6) is 0 Å². The van der Waals surface area contributed by atoms with Gasteiger partial charge in [-0.3, -0.25) is 9.59 Å². The summed E-state index contributed by atoms with van der Waals surface area (Å²) in [5.41, 5.74) is 6.75. The second kappa shape index (κ2) is 9.08. The molecule has 0 saturated carbocycles. The first kappa shape index (κ1) is 18.8. The molecule has 5 nitrogen and oxygen atoms in total. The standard InChI is InChI=1S/C18H20FN3O2S/c1-12(13-6-8-14(19)9-7-13)22-18(24)10-21-15-4-2-3-5-16(15)25-11-17(20)23/h2-9,12,21H,10-11H2,1H3,(H2,20,23)(H,22,24). The molecular formula is C18H20FN3O2S. The highest BCUT2D eigenvalue weighted by Crippen LogP contribution is 2.26. The number of rotatable bonds is 8. The number of amides is 2. The lowest BCUT2D eigenvalue weighted by Crippen LogP contribution is -2.32. The van der Waals surface area contributed by atoms with Crippen molar-refractivity contribution < 1.29 is 14.0 Å². The number of nitrogens with two attached hydrogens (primary N) is 1. The maximum absolute atomic E-state index is 12.9. The fourth-order valence-electron chi connectivity index (χ4n) is 2.19. The highest BCUT2D eigenvalue weighted by molar-refractivity contribution is 8.00. The number of halogens is 1. The zero-order valence-corrected chi connectivity index (χ0v) is 14.6. The normalized spacial score (nSPS) is 11.6. The number of nitrogens with one attached hydrogen (secondary N) is 2. The monoisotopic (exact) mass is 361 g/mol. The lowest BCUT2D eigenvalue weighted by Gasteiger charge is -2.16. The molecule has 2 amide bonds. The molecule has 4 N–H and O–H groups in total. The first-order valence-electron chi connectivity index (χ1n) is 7.74. The van der Waals surface area contributed by atoms with Crippen molar-refractivity contribution in [3.05, 3.63) is 59.9 Å². The van der Waals surface area contributed by atoms with Gasteiger partial charge in [0.25, 0.3) is 0 Å². The van der Waals surface area contributed by atoms with Crippen molar-refractivity contribution in [1.82, 2.24) is 5.32 Å². The van der Waals surface area contributed by atoms with Gasteiger partial charge in [0.15, 0.2) is 0 Å². The Morgan fingerprint density at radius 2 is 1.84 bits per heavy atom. The topological polar surface area (TPSA) is 84.2 Å². The summed E-state index contributed by atoms with van der Waals surface area (Å²) in [7, 11) is 0. The fraction of sp³-hybridized carbons (Fsp3) is 0.222. The third-order valence-electron chi connectivity index (χ3n) is 3.44. The van der Waals surface area contributed by atoms with Crippen LogP contribution in [0.2, 0.25) is 0 Å². The van der Waals surface area contributed by atoms with Crippen LogP contribution in [0.3, 0.4) is 0 Å². The predicted octanol–water partition coefficient (Wildman–Crippen LogP) is 2.69. The van der Waals surface area contributed by atoms with Gasteiger partial charge in [0, 0.05) is 10.6 Å². The summed E-state index contributed by atoms with van der Waals surface area (Å²) in [5, 5.41) is 5.91. The van der Waals surface area contributed by atoms with Crippen LogP contribution in [0.15, 0.2) is 53.4 Å². The van der Waals surface area contributed by atoms with Crippen LogP contribution in [0, 0.1) is 5.82 Å². The number of hydrogen-bond acceptors (Lipinski definition) is 4. The number of carbonyl (C=O) groups excluding carboxylic acids is 2. The number of anilines is 1. The van der Waals surface area contributed by atoms with Crippen LogP contribution in [0.25, 0.3) is 0 Å². The number of para-hydroxylation sites is 1. The Hall–Kier alpha value is -2.54. The molecule has 0 saturated heterocycles. The Kier molecular flexibility index (Phi) is 6.82. The lowest BCUT2D eigenvalue weighted by molar-refractivity contribution is -0.120. The fourth-order valence-corrected chi connectivity index (χ4v) is 2.96. The van der Waals surface area contributed by atoms with Crippen LogP contribution < -0.4 is 16.4 Å². The van der Waals surface area contributed by atoms with Crippen LogP contribution in [0.1, 0.15) is 18.5 Å². The largest absolute Gasteiger partial charge is 0.375 e. The van der Waals surface area contributed by atoms with Gasteiger partial charge in [-0.05, 0) is 36.8 Å². The Labute approximate surface area is 150 Å². The molecule has 0 spiro atoms. The molecule has 0 aliphatic carbocycles. The summed E-state index contributed by atoms with van der Waals surface area (Å²) < 4.78 is 12.9. The number of thioether (sulfide) groups is 1. The van der Waals surface area contributed by atoms with Gasteiger partial charge in [0.1, 0.15) is 5.82 Å². The maximum atomic E-state index is 12.9. The van der Waals surface area contributed by atoms with E-state index in [0.29, 0.717) is 0 Å². The Balaban J connectivity index is 1.89. The number of hydrogen-bond donors (Lipinski definition) is 3. The van der Waals surface area contributed by atoms with Crippen molar-refractivity contribution in [3.8, 4) is 0 Å². The number of benzene rings is 2. The van der Waals surface area contributed by atoms with Gasteiger partial charge in [0.2, 0.25) is 11.8 Å². The molecule has 0 fully saturated rings. The number of primary amides is 1. The Morgan fingerprint density at radius 3 is 2.52 bits per heavy atom. The predicted molar refractivity (Wildman–Crippen MR) is 97.8 cm³/mol. The molecule has 7 heteroatoms. The maximum Gasteiger partial charge on any atom is 0.239 e. The quantitative estimate of drug-likeness (QED) is 0.631. The molecule has 0 radical (unpaired) electrons. The van der Waals surface area contributed by atoms with Gasteiger partial charge in [0.05, 0.1) is 18.3 Å². The van der Waals surface area contributed by atoms with Crippen LogP contribution in [0.4, 0.5) is 10.1 Å². The van der Waals surface area contributed by atoms with Gasteiger partial charge in [-0.15, -0.1) is 11.8 Å². The average Bonchev–Trinajstić information content (AvgIpc) is 2.59. The zero-order chi connectivity index (χ0) is 18.2. The molecule has 0 aromatic heterocycles. The molecular weight excluding hydrogens is 341 g/mol. The molecule has 2 aromatic rings. The summed E-state index contributed by atoms with van der Waals surface area (Å²) in [4.78, 5) is 23.9. The summed E-state index contributed by atoms with van der Waals surface area (Å²) in [6, 6.07) is 13.2. The first-order valence-corrected chi connectivity index (χ1v) is 8.73. The minimum Gasteiger partial charge on any atom is -0.375 e. The molecule has 0 aliphatic rings. The molecule has 0 heterocycles. The van der Waals surface area contributed by atoms with Crippen molar-refractivity contribution in [2.75, 3.05) is 17.6 Å². The average molecular weight is 361 g/mol. The van der Waals surface area contributed by atoms with E-state index in [4.69, 9.17) is 5.73 Å². The van der Waals surface area contributed by atoms with E-state index in [1.54, 1.807) is 12.1 Å². The molecule has 25 heavy (non-hydrogen) atoms. The van der Waals surface area contributed by atoms with E-state index < -0.39 is 5.91 Å². The van der Waals surface area contributed by atoms with E-state index in [2.05, 4.69) is 10.6 Å². The van der Waals surface area contributed by atoms with Gasteiger partial charge >= 0.3 is 0 Å². The lowest BCUT2D eigenvalue weighted by atomic mass is 10.1. The van der Waals surface area contributed by atoms with E-state index in [0.717, 1.165) is 16.1 Å². The second-order valence-corrected chi connectivity index (χ2v) is 6.46. The molecule has 132 valence electrons. The van der Waals surface area contributed by atoms with E-state index in [1.807, 2.05) is 31.2 Å². The van der Waals surface area contributed by atoms with Gasteiger partial charge in [-0.1, -0.05) is 24.3 Å². The second-order valence-electron chi connectivity index (χ2n) is 5.45. The van der Waals surface area contributed by atoms with Gasteiger partial charge in [-0.2, -0.15) is 0 Å². The summed E-state index contributed by atoms with van der Waals surface area (Å²) >= 11 is 1.31. The molecule has 0 aliphatic heterocycles. The summed E-state index contributed by atoms with van der Waals surface area (Å²) in [6.07, 6.45) is 0. The van der Waals surface area contributed by atoms with Crippen molar-refractivity contribution in [1.29, 1.82) is 0 Å². The number of carbonyl (C=O) groups is 2. The summed E-state index contributed by atoms with van der Waals surface area (Å²) in [6.45, 7) is 1.92. The minimum atomic E-state index is -0.398. The first-order chi connectivity index (χ1) is 12.0. The smallest absolute Gasteiger partial charge is 0.239 e. The molecule has 0 bridgehead atoms. The summed E-state index contributed by atoms with van der Waals surface area (Å²) in [5.74, 6) is -0.724. The SMILES string of the molecule is CC(NC(=O)CNc1ccccc1SCC(N)=O)c1ccc(F)cc1. The van der Waals surface area contributed by atoms with Gasteiger partial charge < -0.3 is 16.4 Å². The Bertz CT molecular complexity index is 737. The van der Waals surface area contributed by atoms with E-state index >= 15 is 0 Å². The van der Waals surface area contributed by atoms with Gasteiger partial charge in [-0.25, -0.2) is 4.39 Å². The highest BCUT2D eigenvalue weighted by Gasteiger charge is 2.11. The van der Waals surface area contributed by atoms with Crippen molar-refractivity contribution in [2.45, 2.75) is 17.9 Å². The van der Waals surface area contributed by atoms with Crippen molar-refractivity contribution in [3.63, 3.8) is 0 Å². The minimum absolute atomic E-state index is 0.0830. The third kappa shape index (κ3) is 6.11. The molecule has 2 aromatic carbocycles. The van der Waals surface area contributed by atoms with E-state index in [9.17, 15) is 14.0 Å². The zero-order valence-electron chi connectivity index (χ0n) is 13.8. The molecule has 1 unspecified atom stereocenters. The van der Waals surface area contributed by atoms with E-state index in [1.165, 1.54) is 23.9 Å². The Morgan fingerprint density at radius 1 is 1.16 bits per heavy atom. The van der Waals surface area contributed by atoms with Crippen LogP contribution >= 0.6 is 11.8 Å².